The van der Waals surface area contributed by atoms with Crippen LogP contribution < -0.4 is 5.32 Å². The lowest BCUT2D eigenvalue weighted by Gasteiger charge is -2.33. The predicted molar refractivity (Wildman–Crippen MR) is 99.1 cm³/mol. The van der Waals surface area contributed by atoms with Crippen molar-refractivity contribution in [2.45, 2.75) is 5.72 Å². The van der Waals surface area contributed by atoms with Gasteiger partial charge in [-0.2, -0.15) is 0 Å². The van der Waals surface area contributed by atoms with E-state index in [1.807, 2.05) is 0 Å². The van der Waals surface area contributed by atoms with E-state index in [2.05, 4.69) is 5.32 Å². The standard InChI is InChI=1S/C20H14N2O6/c23-14-9-8-13(21-11-5-2-1-3-6-11)15-16(14)18(24)12-7-4-10-20(26,22(27)28)17(12)19(15)25/h1-10,17,21,23,26H. The molecule has 2 atom stereocenters. The van der Waals surface area contributed by atoms with E-state index in [4.69, 9.17) is 0 Å². The quantitative estimate of drug-likeness (QED) is 0.324. The fourth-order valence-electron chi connectivity index (χ4n) is 3.57. The van der Waals surface area contributed by atoms with Crippen LogP contribution in [0.15, 0.2) is 66.3 Å². The molecule has 0 bridgehead atoms. The molecule has 3 N–H and O–H groups in total. The van der Waals surface area contributed by atoms with Gasteiger partial charge in [0, 0.05) is 17.3 Å². The smallest absolute Gasteiger partial charge is 0.356 e. The summed E-state index contributed by atoms with van der Waals surface area (Å²) >= 11 is 0. The van der Waals surface area contributed by atoms with Gasteiger partial charge in [0.2, 0.25) is 0 Å². The SMILES string of the molecule is O=C1C2=CC=CC(O)([N+](=O)[O-])C2C(=O)c2c(Nc3ccccc3)ccc(O)c21. The Hall–Kier alpha value is -3.78. The first-order valence-electron chi connectivity index (χ1n) is 8.38. The van der Waals surface area contributed by atoms with Gasteiger partial charge in [0.15, 0.2) is 17.5 Å². The van der Waals surface area contributed by atoms with Crippen LogP contribution in [-0.2, 0) is 0 Å². The number of allylic oxidation sites excluding steroid dienone is 2. The minimum atomic E-state index is -2.75. The lowest BCUT2D eigenvalue weighted by molar-refractivity contribution is -0.613. The highest BCUT2D eigenvalue weighted by Crippen LogP contribution is 2.44. The number of carbonyl (C=O) groups excluding carboxylic acids is 2. The molecule has 4 rings (SSSR count). The third-order valence-corrected chi connectivity index (χ3v) is 4.88. The van der Waals surface area contributed by atoms with Gasteiger partial charge in [-0.3, -0.25) is 19.7 Å². The van der Waals surface area contributed by atoms with Crippen LogP contribution in [0.5, 0.6) is 5.75 Å². The molecular formula is C20H14N2O6. The number of hydrogen-bond donors (Lipinski definition) is 3. The summed E-state index contributed by atoms with van der Waals surface area (Å²) in [7, 11) is 0. The van der Waals surface area contributed by atoms with E-state index in [1.165, 1.54) is 18.2 Å². The van der Waals surface area contributed by atoms with Crippen molar-refractivity contribution in [3.8, 4) is 5.75 Å². The normalized spacial score (nSPS) is 22.9. The van der Waals surface area contributed by atoms with E-state index >= 15 is 0 Å². The van der Waals surface area contributed by atoms with Gasteiger partial charge in [0.05, 0.1) is 21.7 Å². The van der Waals surface area contributed by atoms with Crippen LogP contribution in [0.25, 0.3) is 0 Å². The first-order chi connectivity index (χ1) is 13.3. The summed E-state index contributed by atoms with van der Waals surface area (Å²) < 4.78 is 0. The highest BCUT2D eigenvalue weighted by atomic mass is 16.7. The fourth-order valence-corrected chi connectivity index (χ4v) is 3.57. The Kier molecular flexibility index (Phi) is 3.86. The number of aliphatic hydroxyl groups is 1. The summed E-state index contributed by atoms with van der Waals surface area (Å²) in [6, 6.07) is 11.5. The second-order valence-electron chi connectivity index (χ2n) is 6.52. The maximum absolute atomic E-state index is 13.2. The van der Waals surface area contributed by atoms with Crippen molar-refractivity contribution in [2.24, 2.45) is 5.92 Å². The molecular weight excluding hydrogens is 364 g/mol. The van der Waals surface area contributed by atoms with Gasteiger partial charge in [-0.05, 0) is 24.3 Å². The van der Waals surface area contributed by atoms with Crippen LogP contribution >= 0.6 is 0 Å². The van der Waals surface area contributed by atoms with Crippen LogP contribution in [-0.4, -0.2) is 32.4 Å². The molecule has 140 valence electrons. The minimum absolute atomic E-state index is 0.188. The number of benzene rings is 2. The first kappa shape index (κ1) is 17.6. The van der Waals surface area contributed by atoms with Gasteiger partial charge in [-0.25, -0.2) is 0 Å². The second-order valence-corrected chi connectivity index (χ2v) is 6.52. The van der Waals surface area contributed by atoms with Gasteiger partial charge in [0.25, 0.3) is 0 Å². The Morgan fingerprint density at radius 1 is 1.07 bits per heavy atom. The summed E-state index contributed by atoms with van der Waals surface area (Å²) in [5.41, 5.74) is -2.58. The molecule has 0 aromatic heterocycles. The van der Waals surface area contributed by atoms with Crippen molar-refractivity contribution >= 4 is 22.9 Å². The number of rotatable bonds is 3. The number of para-hydroxylation sites is 1. The molecule has 0 fully saturated rings. The summed E-state index contributed by atoms with van der Waals surface area (Å²) in [5.74, 6) is -3.67. The summed E-state index contributed by atoms with van der Waals surface area (Å²) in [4.78, 5) is 36.7. The number of hydrogen-bond acceptors (Lipinski definition) is 7. The van der Waals surface area contributed by atoms with Gasteiger partial charge < -0.3 is 15.5 Å². The topological polar surface area (TPSA) is 130 Å². The predicted octanol–water partition coefficient (Wildman–Crippen LogP) is 2.59. The highest BCUT2D eigenvalue weighted by Gasteiger charge is 2.58. The molecule has 8 nitrogen and oxygen atoms in total. The number of phenolic OH excluding ortho intramolecular Hbond substituents is 1. The van der Waals surface area contributed by atoms with E-state index < -0.39 is 33.9 Å². The Bertz CT molecular complexity index is 1090. The molecule has 0 aliphatic heterocycles. The molecule has 2 aliphatic rings. The first-order valence-corrected chi connectivity index (χ1v) is 8.38. The number of carbonyl (C=O) groups is 2. The number of aromatic hydroxyl groups is 1. The molecule has 0 saturated heterocycles. The van der Waals surface area contributed by atoms with Gasteiger partial charge in [-0.15, -0.1) is 0 Å². The molecule has 28 heavy (non-hydrogen) atoms. The number of Topliss-reactive ketones (excluding diaryl/α,β-unsaturated/α-hetero) is 2. The molecule has 0 spiro atoms. The average Bonchev–Trinajstić information content (AvgIpc) is 2.68. The summed E-state index contributed by atoms with van der Waals surface area (Å²) in [5, 5.41) is 35.2. The van der Waals surface area contributed by atoms with Crippen molar-refractivity contribution in [3.05, 3.63) is 87.5 Å². The van der Waals surface area contributed by atoms with Crippen molar-refractivity contribution in [2.75, 3.05) is 5.32 Å². The van der Waals surface area contributed by atoms with Gasteiger partial charge in [0.1, 0.15) is 5.75 Å². The molecule has 2 aliphatic carbocycles. The number of ketones is 2. The van der Waals surface area contributed by atoms with Crippen molar-refractivity contribution < 1.29 is 24.7 Å². The van der Waals surface area contributed by atoms with E-state index in [9.17, 15) is 29.9 Å². The van der Waals surface area contributed by atoms with E-state index in [0.29, 0.717) is 5.69 Å². The third kappa shape index (κ3) is 2.43. The van der Waals surface area contributed by atoms with Crippen LogP contribution in [0.1, 0.15) is 20.7 Å². The van der Waals surface area contributed by atoms with Crippen molar-refractivity contribution in [3.63, 3.8) is 0 Å². The number of nitrogens with zero attached hydrogens (tertiary/aromatic N) is 1. The Morgan fingerprint density at radius 3 is 2.46 bits per heavy atom. The Morgan fingerprint density at radius 2 is 1.79 bits per heavy atom. The maximum atomic E-state index is 13.2. The largest absolute Gasteiger partial charge is 0.507 e. The molecule has 2 aromatic rings. The third-order valence-electron chi connectivity index (χ3n) is 4.88. The fraction of sp³-hybridized carbons (Fsp3) is 0.100. The van der Waals surface area contributed by atoms with E-state index in [1.54, 1.807) is 30.3 Å². The zero-order valence-corrected chi connectivity index (χ0v) is 14.3. The monoisotopic (exact) mass is 378 g/mol. The zero-order valence-electron chi connectivity index (χ0n) is 14.3. The Balaban J connectivity index is 1.92. The molecule has 2 unspecified atom stereocenters. The summed E-state index contributed by atoms with van der Waals surface area (Å²) in [6.45, 7) is 0. The lowest BCUT2D eigenvalue weighted by Crippen LogP contribution is -2.52. The number of fused-ring (bicyclic) bond motifs is 2. The van der Waals surface area contributed by atoms with Crippen molar-refractivity contribution in [1.82, 2.24) is 0 Å². The molecule has 0 saturated carbocycles. The van der Waals surface area contributed by atoms with E-state index in [0.717, 1.165) is 12.2 Å². The average molecular weight is 378 g/mol. The molecule has 2 aromatic carbocycles. The van der Waals surface area contributed by atoms with Crippen LogP contribution in [0.3, 0.4) is 0 Å². The zero-order chi connectivity index (χ0) is 20.1. The minimum Gasteiger partial charge on any atom is -0.507 e. The van der Waals surface area contributed by atoms with Gasteiger partial charge >= 0.3 is 5.72 Å². The number of phenols is 1. The lowest BCUT2D eigenvalue weighted by atomic mass is 9.70. The van der Waals surface area contributed by atoms with Crippen LogP contribution in [0, 0.1) is 16.0 Å². The molecule has 0 radical (unpaired) electrons. The second kappa shape index (κ2) is 6.14. The van der Waals surface area contributed by atoms with Crippen LogP contribution in [0.2, 0.25) is 0 Å². The van der Waals surface area contributed by atoms with E-state index in [-0.39, 0.29) is 22.4 Å². The molecule has 0 heterocycles. The number of anilines is 2. The molecule has 0 amide bonds. The van der Waals surface area contributed by atoms with Crippen molar-refractivity contribution in [1.29, 1.82) is 0 Å². The maximum Gasteiger partial charge on any atom is 0.356 e. The Labute approximate surface area is 158 Å². The van der Waals surface area contributed by atoms with Gasteiger partial charge in [-0.1, -0.05) is 30.4 Å². The number of nitro groups is 1. The number of nitrogens with one attached hydrogen (secondary N) is 1. The summed E-state index contributed by atoms with van der Waals surface area (Å²) in [6.07, 6.45) is 3.29. The molecule has 8 heteroatoms. The highest BCUT2D eigenvalue weighted by molar-refractivity contribution is 6.27. The van der Waals surface area contributed by atoms with Crippen LogP contribution in [0.4, 0.5) is 11.4 Å².